The molecule has 7 atom stereocenters. The second kappa shape index (κ2) is 11.1. The van der Waals surface area contributed by atoms with Gasteiger partial charge in [0.25, 0.3) is 5.91 Å². The number of epoxide rings is 1. The maximum Gasteiger partial charge on any atom is 1.00 e. The summed E-state index contributed by atoms with van der Waals surface area (Å²) in [5.74, 6) is -2.47. The molecule has 5 heterocycles. The Morgan fingerprint density at radius 3 is 2.26 bits per heavy atom. The average Bonchev–Trinajstić information content (AvgIpc) is 3.64. The number of rotatable bonds is 7. The van der Waals surface area contributed by atoms with Crippen LogP contribution in [-0.4, -0.2) is 46.9 Å². The molecule has 1 N–H and O–H groups in total. The third-order valence-electron chi connectivity index (χ3n) is 9.35. The number of halogens is 1. The number of amides is 1. The molecule has 4 bridgehead atoms. The summed E-state index contributed by atoms with van der Waals surface area (Å²) in [6.07, 6.45) is -0.695. The molecule has 7 unspecified atom stereocenters. The smallest absolute Gasteiger partial charge is 0.550 e. The largest absolute Gasteiger partial charge is 1.00 e. The predicted octanol–water partition coefficient (Wildman–Crippen LogP) is 0.671. The first-order chi connectivity index (χ1) is 20.2. The Morgan fingerprint density at radius 2 is 1.63 bits per heavy atom. The van der Waals surface area contributed by atoms with Gasteiger partial charge in [0.05, 0.1) is 12.2 Å². The van der Waals surface area contributed by atoms with Gasteiger partial charge in [0.1, 0.15) is 5.82 Å². The fourth-order valence-electron chi connectivity index (χ4n) is 7.91. The Hall–Kier alpha value is -1.99. The average molecular weight is 611 g/mol. The molecule has 218 valence electrons. The Morgan fingerprint density at radius 1 is 0.977 bits per heavy atom. The molecule has 0 radical (unpaired) electrons. The molecule has 10 heteroatoms. The molecule has 1 amide bonds. The maximum atomic E-state index is 14.9. The molecule has 0 aromatic heterocycles. The summed E-state index contributed by atoms with van der Waals surface area (Å²) in [6.45, 7) is 4.37. The summed E-state index contributed by atoms with van der Waals surface area (Å²) in [5.41, 5.74) is -4.06. The molecule has 5 aliphatic rings. The van der Waals surface area contributed by atoms with Crippen LogP contribution in [0.5, 0.6) is 0 Å². The van der Waals surface area contributed by atoms with Gasteiger partial charge in [-0.05, 0) is 42.2 Å². The molecule has 5 fully saturated rings. The van der Waals surface area contributed by atoms with E-state index in [1.54, 1.807) is 24.3 Å². The summed E-state index contributed by atoms with van der Waals surface area (Å²) in [5, 5.41) is 15.0. The van der Waals surface area contributed by atoms with Gasteiger partial charge in [-0.2, -0.15) is 0 Å². The van der Waals surface area contributed by atoms with Crippen LogP contribution in [0.2, 0.25) is 0 Å². The van der Waals surface area contributed by atoms with E-state index in [1.165, 1.54) is 12.1 Å². The van der Waals surface area contributed by atoms with Crippen molar-refractivity contribution in [2.45, 2.75) is 68.0 Å². The minimum absolute atomic E-state index is 0. The molecule has 0 aliphatic carbocycles. The number of nitrogens with zero attached hydrogens (tertiary/aromatic N) is 1. The van der Waals surface area contributed by atoms with E-state index in [-0.39, 0.29) is 63.7 Å². The van der Waals surface area contributed by atoms with Crippen LogP contribution in [-0.2, 0) is 35.1 Å². The summed E-state index contributed by atoms with van der Waals surface area (Å²) in [7, 11) is 0. The standard InChI is InChI=1S/C33H33FN2O6.K/c1-21(2)32-31(29(39)35-25-11-7-4-8-12-25)30(42-31,22-9-5-3-6-10-22)33(23-13-15-24(34)16-14-23)36(32)18-17-26(40-33)19-27(41-32)20-28(37)38;/h3-16,21,26-27H,17-20H2,1-2H3,(H,35,39)(H,37,38);/q;+1/p-1. The van der Waals surface area contributed by atoms with E-state index < -0.39 is 52.6 Å². The normalized spacial score (nSPS) is 35.3. The SMILES string of the molecule is CC(C)C12OC(CC(=O)[O-])CC3CCN1C(c1ccc(F)cc1)(O3)C1(c3ccccc3)OC21C(=O)Nc1ccccc1.[K+]. The molecular weight excluding hydrogens is 578 g/mol. The van der Waals surface area contributed by atoms with Crippen LogP contribution in [0.25, 0.3) is 0 Å². The van der Waals surface area contributed by atoms with Crippen molar-refractivity contribution in [3.8, 4) is 0 Å². The third kappa shape index (κ3) is 4.15. The van der Waals surface area contributed by atoms with E-state index in [9.17, 15) is 19.1 Å². The van der Waals surface area contributed by atoms with Gasteiger partial charge >= 0.3 is 51.4 Å². The fourth-order valence-corrected chi connectivity index (χ4v) is 7.91. The molecule has 0 spiro atoms. The van der Waals surface area contributed by atoms with Gasteiger partial charge in [-0.15, -0.1) is 0 Å². The van der Waals surface area contributed by atoms with E-state index in [0.29, 0.717) is 36.2 Å². The van der Waals surface area contributed by atoms with E-state index in [2.05, 4.69) is 10.2 Å². The van der Waals surface area contributed by atoms with Crippen LogP contribution >= 0.6 is 0 Å². The van der Waals surface area contributed by atoms with Crippen molar-refractivity contribution in [1.82, 2.24) is 4.90 Å². The summed E-state index contributed by atoms with van der Waals surface area (Å²) < 4.78 is 35.4. The number of para-hydroxylation sites is 1. The van der Waals surface area contributed by atoms with E-state index in [0.717, 1.165) is 0 Å². The zero-order valence-corrected chi connectivity index (χ0v) is 27.5. The van der Waals surface area contributed by atoms with Crippen LogP contribution in [0.4, 0.5) is 10.1 Å². The topological polar surface area (TPSA) is 103 Å². The number of carboxylic acids is 1. The van der Waals surface area contributed by atoms with Crippen molar-refractivity contribution in [2.75, 3.05) is 11.9 Å². The third-order valence-corrected chi connectivity index (χ3v) is 9.35. The minimum Gasteiger partial charge on any atom is -0.550 e. The van der Waals surface area contributed by atoms with Crippen LogP contribution < -0.4 is 61.8 Å². The van der Waals surface area contributed by atoms with Crippen LogP contribution in [0.15, 0.2) is 84.9 Å². The van der Waals surface area contributed by atoms with Gasteiger partial charge in [-0.3, -0.25) is 4.79 Å². The first kappa shape index (κ1) is 31.0. The number of carbonyl (C=O) groups excluding carboxylic acids is 2. The number of ether oxygens (including phenoxy) is 3. The second-order valence-corrected chi connectivity index (χ2v) is 11.9. The summed E-state index contributed by atoms with van der Waals surface area (Å²) in [6, 6.07) is 24.7. The quantitative estimate of drug-likeness (QED) is 0.310. The Labute approximate surface area is 292 Å². The molecule has 5 aliphatic heterocycles. The summed E-state index contributed by atoms with van der Waals surface area (Å²) >= 11 is 0. The van der Waals surface area contributed by atoms with E-state index >= 15 is 0 Å². The number of morpholine rings is 1. The van der Waals surface area contributed by atoms with Gasteiger partial charge in [0, 0.05) is 36.6 Å². The first-order valence-corrected chi connectivity index (χ1v) is 14.4. The van der Waals surface area contributed by atoms with Crippen molar-refractivity contribution >= 4 is 17.6 Å². The first-order valence-electron chi connectivity index (χ1n) is 14.4. The molecule has 8 rings (SSSR count). The number of hydrogen-bond donors (Lipinski definition) is 1. The number of aliphatic carboxylic acids is 1. The maximum absolute atomic E-state index is 14.9. The van der Waals surface area contributed by atoms with Crippen molar-refractivity contribution < 1.29 is 84.7 Å². The van der Waals surface area contributed by atoms with Gasteiger partial charge < -0.3 is 29.4 Å². The van der Waals surface area contributed by atoms with Crippen LogP contribution in [0.1, 0.15) is 44.2 Å². The fraction of sp³-hybridized carbons (Fsp3) is 0.394. The predicted molar refractivity (Wildman–Crippen MR) is 148 cm³/mol. The van der Waals surface area contributed by atoms with Gasteiger partial charge in [0.2, 0.25) is 5.60 Å². The molecule has 3 aromatic carbocycles. The zero-order valence-electron chi connectivity index (χ0n) is 24.4. The van der Waals surface area contributed by atoms with E-state index in [1.807, 2.05) is 62.4 Å². The Bertz CT molecular complexity index is 1530. The number of carboxylic acid groups (broad SMARTS) is 1. The van der Waals surface area contributed by atoms with Crippen LogP contribution in [0.3, 0.4) is 0 Å². The van der Waals surface area contributed by atoms with E-state index in [4.69, 9.17) is 14.2 Å². The number of fused-ring (bicyclic) bond motifs is 4. The van der Waals surface area contributed by atoms with Crippen molar-refractivity contribution in [2.24, 2.45) is 5.92 Å². The number of anilines is 1. The van der Waals surface area contributed by atoms with Crippen molar-refractivity contribution in [3.63, 3.8) is 0 Å². The number of carbonyl (C=O) groups is 2. The molecule has 5 saturated heterocycles. The Kier molecular flexibility index (Phi) is 8.01. The molecular formula is C33H32FKN2O6. The number of hydrogen-bond acceptors (Lipinski definition) is 7. The molecule has 43 heavy (non-hydrogen) atoms. The molecule has 8 nitrogen and oxygen atoms in total. The number of benzene rings is 3. The van der Waals surface area contributed by atoms with Crippen molar-refractivity contribution in [3.05, 3.63) is 102 Å². The monoisotopic (exact) mass is 610 g/mol. The van der Waals surface area contributed by atoms with Gasteiger partial charge in [-0.25, -0.2) is 9.29 Å². The minimum atomic E-state index is -1.68. The Balaban J connectivity index is 0.00000329. The molecule has 0 saturated carbocycles. The summed E-state index contributed by atoms with van der Waals surface area (Å²) in [4.78, 5) is 28.8. The van der Waals surface area contributed by atoms with Gasteiger partial charge in [0.15, 0.2) is 17.1 Å². The van der Waals surface area contributed by atoms with Crippen molar-refractivity contribution in [1.29, 1.82) is 0 Å². The van der Waals surface area contributed by atoms with Gasteiger partial charge in [-0.1, -0.05) is 74.5 Å². The van der Waals surface area contributed by atoms with Crippen LogP contribution in [0, 0.1) is 11.7 Å². The molecule has 3 aromatic rings. The zero-order chi connectivity index (χ0) is 29.3. The second-order valence-electron chi connectivity index (χ2n) is 11.9. The number of nitrogens with one attached hydrogen (secondary N) is 1.